The molecule has 2 fully saturated rings. The first-order valence-electron chi connectivity index (χ1n) is 5.20. The number of sulfonamides is 1. The molecule has 82 valence electrons. The second-order valence-electron chi connectivity index (χ2n) is 4.29. The van der Waals surface area contributed by atoms with Crippen molar-refractivity contribution in [3.8, 4) is 0 Å². The summed E-state index contributed by atoms with van der Waals surface area (Å²) in [7, 11) is -3.04. The van der Waals surface area contributed by atoms with Gasteiger partial charge in [-0.05, 0) is 25.7 Å². The minimum atomic E-state index is -3.04. The monoisotopic (exact) mass is 219 g/mol. The third-order valence-corrected chi connectivity index (χ3v) is 5.36. The lowest BCUT2D eigenvalue weighted by molar-refractivity contribution is 0.129. The highest BCUT2D eigenvalue weighted by atomic mass is 32.2. The molecule has 1 heterocycles. The summed E-state index contributed by atoms with van der Waals surface area (Å²) < 4.78 is 24.7. The van der Waals surface area contributed by atoms with Crippen LogP contribution in [0.2, 0.25) is 0 Å². The highest BCUT2D eigenvalue weighted by Gasteiger charge is 2.44. The predicted octanol–water partition coefficient (Wildman–Crippen LogP) is 0.0388. The van der Waals surface area contributed by atoms with E-state index in [4.69, 9.17) is 0 Å². The Labute approximate surface area is 85.0 Å². The quantitative estimate of drug-likeness (QED) is 0.713. The molecule has 5 heteroatoms. The molecule has 0 aromatic heterocycles. The molecule has 0 bridgehead atoms. The van der Waals surface area contributed by atoms with Crippen LogP contribution in [0.4, 0.5) is 0 Å². The fraction of sp³-hybridized carbons (Fsp3) is 1.00. The van der Waals surface area contributed by atoms with Crippen molar-refractivity contribution in [3.63, 3.8) is 0 Å². The Hall–Kier alpha value is -0.130. The second-order valence-corrected chi connectivity index (χ2v) is 6.54. The van der Waals surface area contributed by atoms with Crippen molar-refractivity contribution >= 4 is 10.0 Å². The largest absolute Gasteiger partial charge is 0.393 e. The fourth-order valence-electron chi connectivity index (χ4n) is 2.61. The van der Waals surface area contributed by atoms with Gasteiger partial charge in [-0.25, -0.2) is 12.7 Å². The van der Waals surface area contributed by atoms with E-state index >= 15 is 0 Å². The van der Waals surface area contributed by atoms with E-state index in [2.05, 4.69) is 0 Å². The Kier molecular flexibility index (Phi) is 2.57. The lowest BCUT2D eigenvalue weighted by Crippen LogP contribution is -2.32. The van der Waals surface area contributed by atoms with Gasteiger partial charge in [0.2, 0.25) is 10.0 Å². The highest BCUT2D eigenvalue weighted by molar-refractivity contribution is 7.89. The summed E-state index contributed by atoms with van der Waals surface area (Å²) in [5.74, 6) is 0.755. The van der Waals surface area contributed by atoms with E-state index in [9.17, 15) is 13.5 Å². The topological polar surface area (TPSA) is 57.6 Å². The van der Waals surface area contributed by atoms with Crippen molar-refractivity contribution in [1.82, 2.24) is 4.31 Å². The maximum atomic E-state index is 11.6. The zero-order valence-corrected chi connectivity index (χ0v) is 9.20. The Morgan fingerprint density at radius 2 is 2.07 bits per heavy atom. The number of rotatable bonds is 2. The van der Waals surface area contributed by atoms with Gasteiger partial charge < -0.3 is 5.11 Å². The third kappa shape index (κ3) is 1.57. The molecular formula is C9H17NO3S. The van der Waals surface area contributed by atoms with E-state index in [1.165, 1.54) is 0 Å². The van der Waals surface area contributed by atoms with Gasteiger partial charge in [-0.3, -0.25) is 0 Å². The molecule has 0 amide bonds. The van der Waals surface area contributed by atoms with Gasteiger partial charge in [-0.2, -0.15) is 0 Å². The van der Waals surface area contributed by atoms with Crippen LogP contribution >= 0.6 is 0 Å². The van der Waals surface area contributed by atoms with Gasteiger partial charge in [0.15, 0.2) is 0 Å². The van der Waals surface area contributed by atoms with Crippen molar-refractivity contribution < 1.29 is 13.5 Å². The van der Waals surface area contributed by atoms with E-state index in [1.807, 2.05) is 0 Å². The third-order valence-electron chi connectivity index (χ3n) is 3.54. The number of aliphatic hydroxyl groups is 1. The van der Waals surface area contributed by atoms with Crippen molar-refractivity contribution in [3.05, 3.63) is 0 Å². The van der Waals surface area contributed by atoms with Crippen molar-refractivity contribution in [1.29, 1.82) is 0 Å². The summed E-state index contributed by atoms with van der Waals surface area (Å²) in [6.45, 7) is 2.82. The molecule has 0 aromatic carbocycles. The van der Waals surface area contributed by atoms with Crippen LogP contribution in [0.1, 0.15) is 19.8 Å². The SMILES string of the molecule is CCS(=O)(=O)N1CC2CCC(O)C2C1. The minimum absolute atomic E-state index is 0.169. The number of hydrogen-bond acceptors (Lipinski definition) is 3. The minimum Gasteiger partial charge on any atom is -0.393 e. The normalized spacial score (nSPS) is 38.9. The molecule has 1 aliphatic carbocycles. The summed E-state index contributed by atoms with van der Waals surface area (Å²) in [6.07, 6.45) is 1.54. The second kappa shape index (κ2) is 3.47. The average Bonchev–Trinajstić information content (AvgIpc) is 2.69. The van der Waals surface area contributed by atoms with Crippen LogP contribution in [-0.4, -0.2) is 42.8 Å². The molecule has 2 rings (SSSR count). The van der Waals surface area contributed by atoms with Crippen molar-refractivity contribution in [2.75, 3.05) is 18.8 Å². The van der Waals surface area contributed by atoms with E-state index in [0.717, 1.165) is 12.8 Å². The lowest BCUT2D eigenvalue weighted by atomic mass is 10.00. The molecule has 1 saturated carbocycles. The zero-order valence-electron chi connectivity index (χ0n) is 8.39. The van der Waals surface area contributed by atoms with E-state index in [-0.39, 0.29) is 17.8 Å². The summed E-state index contributed by atoms with van der Waals surface area (Å²) >= 11 is 0. The van der Waals surface area contributed by atoms with Crippen LogP contribution in [0, 0.1) is 11.8 Å². The van der Waals surface area contributed by atoms with Gasteiger partial charge >= 0.3 is 0 Å². The average molecular weight is 219 g/mol. The van der Waals surface area contributed by atoms with E-state index in [1.54, 1.807) is 11.2 Å². The van der Waals surface area contributed by atoms with Gasteiger partial charge in [0.05, 0.1) is 11.9 Å². The smallest absolute Gasteiger partial charge is 0.213 e. The molecule has 0 radical (unpaired) electrons. The van der Waals surface area contributed by atoms with Crippen LogP contribution in [0.25, 0.3) is 0 Å². The van der Waals surface area contributed by atoms with Gasteiger partial charge in [-0.15, -0.1) is 0 Å². The standard InChI is InChI=1S/C9H17NO3S/c1-2-14(12,13)10-5-7-3-4-9(11)8(7)6-10/h7-9,11H,2-6H2,1H3. The molecule has 0 aromatic rings. The number of nitrogens with zero attached hydrogens (tertiary/aromatic N) is 1. The predicted molar refractivity (Wildman–Crippen MR) is 53.3 cm³/mol. The van der Waals surface area contributed by atoms with Crippen LogP contribution in [0.5, 0.6) is 0 Å². The molecular weight excluding hydrogens is 202 g/mol. The maximum absolute atomic E-state index is 11.6. The van der Waals surface area contributed by atoms with Crippen LogP contribution < -0.4 is 0 Å². The maximum Gasteiger partial charge on any atom is 0.213 e. The molecule has 1 aliphatic heterocycles. The first-order valence-corrected chi connectivity index (χ1v) is 6.81. The molecule has 3 unspecified atom stereocenters. The highest BCUT2D eigenvalue weighted by Crippen LogP contribution is 2.38. The van der Waals surface area contributed by atoms with Gasteiger partial charge in [0.1, 0.15) is 0 Å². The molecule has 2 aliphatic rings. The Bertz CT molecular complexity index is 314. The zero-order chi connectivity index (χ0) is 10.3. The summed E-state index contributed by atoms with van der Waals surface area (Å²) in [5.41, 5.74) is 0. The summed E-state index contributed by atoms with van der Waals surface area (Å²) in [6, 6.07) is 0. The summed E-state index contributed by atoms with van der Waals surface area (Å²) in [5, 5.41) is 9.63. The fourth-order valence-corrected chi connectivity index (χ4v) is 3.79. The van der Waals surface area contributed by atoms with Crippen LogP contribution in [-0.2, 0) is 10.0 Å². The van der Waals surface area contributed by atoms with Gasteiger partial charge in [-0.1, -0.05) is 0 Å². The number of fused-ring (bicyclic) bond motifs is 1. The molecule has 14 heavy (non-hydrogen) atoms. The Morgan fingerprint density at radius 1 is 1.36 bits per heavy atom. The molecule has 1 saturated heterocycles. The number of hydrogen-bond donors (Lipinski definition) is 1. The van der Waals surface area contributed by atoms with E-state index in [0.29, 0.717) is 19.0 Å². The van der Waals surface area contributed by atoms with Crippen molar-refractivity contribution in [2.45, 2.75) is 25.9 Å². The number of aliphatic hydroxyl groups excluding tert-OH is 1. The molecule has 4 nitrogen and oxygen atoms in total. The first kappa shape index (κ1) is 10.4. The van der Waals surface area contributed by atoms with Crippen LogP contribution in [0.3, 0.4) is 0 Å². The first-order chi connectivity index (χ1) is 6.54. The Morgan fingerprint density at radius 3 is 2.64 bits per heavy atom. The molecule has 0 spiro atoms. The van der Waals surface area contributed by atoms with Gasteiger partial charge in [0, 0.05) is 19.0 Å². The van der Waals surface area contributed by atoms with Crippen molar-refractivity contribution in [2.24, 2.45) is 11.8 Å². The molecule has 3 atom stereocenters. The Balaban J connectivity index is 2.09. The summed E-state index contributed by atoms with van der Waals surface area (Å²) in [4.78, 5) is 0. The lowest BCUT2D eigenvalue weighted by Gasteiger charge is -2.16. The van der Waals surface area contributed by atoms with Gasteiger partial charge in [0.25, 0.3) is 0 Å². The van der Waals surface area contributed by atoms with E-state index < -0.39 is 10.0 Å². The van der Waals surface area contributed by atoms with Crippen LogP contribution in [0.15, 0.2) is 0 Å². The molecule has 1 N–H and O–H groups in total.